The standard InChI is InChI=1S/C56H48N3O.Pt/c1-37-24-26-39(27-25-37)41-30-31-57-49(35-41)44-33-42(38-16-9-7-10-17-38)32-43(34-44)46-21-15-22-51-53(46)58-54(47-20-13-14-23-52(47)60)59(51)50-29-28-45(56(5,6)55(2,3)4)36-48(50)40-18-11-8-12-19-40;/h7-33,35-36,60H,1-6H3;/q-1;/i1D3;. The molecule has 0 bridgehead atoms. The number of aromatic nitrogens is 3. The number of imidazole rings is 1. The summed E-state index contributed by atoms with van der Waals surface area (Å²) in [5.74, 6) is 0.759. The van der Waals surface area contributed by atoms with E-state index >= 15 is 0 Å². The van der Waals surface area contributed by atoms with E-state index in [1.165, 1.54) is 5.56 Å². The Morgan fingerprint density at radius 2 is 1.23 bits per heavy atom. The van der Waals surface area contributed by atoms with Crippen LogP contribution < -0.4 is 0 Å². The molecule has 304 valence electrons. The number of phenolic OH excluding ortho intramolecular Hbond substituents is 1. The van der Waals surface area contributed by atoms with Crippen LogP contribution in [0.2, 0.25) is 0 Å². The van der Waals surface area contributed by atoms with Gasteiger partial charge < -0.3 is 5.11 Å². The average Bonchev–Trinajstić information content (AvgIpc) is 3.68. The van der Waals surface area contributed by atoms with Gasteiger partial charge in [-0.05, 0) is 81.9 Å². The summed E-state index contributed by atoms with van der Waals surface area (Å²) in [4.78, 5) is 10.3. The van der Waals surface area contributed by atoms with Gasteiger partial charge in [-0.15, -0.1) is 23.8 Å². The van der Waals surface area contributed by atoms with E-state index in [1.807, 2.05) is 66.7 Å². The number of para-hydroxylation sites is 2. The summed E-state index contributed by atoms with van der Waals surface area (Å²) in [6.45, 7) is 9.30. The van der Waals surface area contributed by atoms with Gasteiger partial charge in [0.2, 0.25) is 0 Å². The zero-order valence-electron chi connectivity index (χ0n) is 37.8. The van der Waals surface area contributed by atoms with Crippen molar-refractivity contribution in [1.29, 1.82) is 0 Å². The van der Waals surface area contributed by atoms with Gasteiger partial charge in [0.05, 0.1) is 22.3 Å². The number of benzene rings is 7. The zero-order valence-corrected chi connectivity index (χ0v) is 37.1. The molecular weight excluding hydrogens is 926 g/mol. The minimum atomic E-state index is -2.18. The molecule has 9 rings (SSSR count). The molecule has 2 aromatic heterocycles. The Labute approximate surface area is 378 Å². The fourth-order valence-electron chi connectivity index (χ4n) is 7.88. The van der Waals surface area contributed by atoms with Crippen LogP contribution in [0.4, 0.5) is 0 Å². The molecule has 0 amide bonds. The number of aromatic hydroxyl groups is 1. The first-order chi connectivity index (χ1) is 30.2. The van der Waals surface area contributed by atoms with Crippen LogP contribution in [0.5, 0.6) is 5.75 Å². The fourth-order valence-corrected chi connectivity index (χ4v) is 7.88. The van der Waals surface area contributed by atoms with Crippen molar-refractivity contribution in [3.63, 3.8) is 0 Å². The van der Waals surface area contributed by atoms with Gasteiger partial charge in [-0.2, -0.15) is 0 Å². The van der Waals surface area contributed by atoms with Gasteiger partial charge in [0, 0.05) is 42.6 Å². The van der Waals surface area contributed by atoms with Gasteiger partial charge in [-0.3, -0.25) is 9.55 Å². The molecule has 5 heteroatoms. The van der Waals surface area contributed by atoms with Crippen molar-refractivity contribution in [3.05, 3.63) is 193 Å². The number of hydrogen-bond donors (Lipinski definition) is 1. The van der Waals surface area contributed by atoms with E-state index in [-0.39, 0.29) is 37.6 Å². The maximum Gasteiger partial charge on any atom is 0.148 e. The second kappa shape index (κ2) is 16.6. The molecule has 0 aliphatic heterocycles. The monoisotopic (exact) mass is 976 g/mol. The first kappa shape index (κ1) is 37.6. The van der Waals surface area contributed by atoms with Crippen molar-refractivity contribution in [2.24, 2.45) is 5.41 Å². The van der Waals surface area contributed by atoms with Gasteiger partial charge in [0.1, 0.15) is 11.6 Å². The van der Waals surface area contributed by atoms with Crippen molar-refractivity contribution in [1.82, 2.24) is 14.5 Å². The summed E-state index contributed by atoms with van der Waals surface area (Å²) in [6, 6.07) is 60.2. The Balaban J connectivity index is 0.00000560. The summed E-state index contributed by atoms with van der Waals surface area (Å²) in [6.07, 6.45) is 1.78. The predicted octanol–water partition coefficient (Wildman–Crippen LogP) is 14.6. The van der Waals surface area contributed by atoms with Crippen LogP contribution in [0.25, 0.3) is 83.9 Å². The maximum atomic E-state index is 11.5. The van der Waals surface area contributed by atoms with Crippen LogP contribution in [0, 0.1) is 18.3 Å². The summed E-state index contributed by atoms with van der Waals surface area (Å²) in [5, 5.41) is 11.5. The molecular formula is C56H48N3OPt-. The number of hydrogen-bond acceptors (Lipinski definition) is 3. The third kappa shape index (κ3) is 7.89. The van der Waals surface area contributed by atoms with Crippen LogP contribution in [0.3, 0.4) is 0 Å². The Bertz CT molecular complexity index is 3110. The Morgan fingerprint density at radius 3 is 1.93 bits per heavy atom. The van der Waals surface area contributed by atoms with Crippen LogP contribution in [0.15, 0.2) is 176 Å². The molecule has 0 aliphatic carbocycles. The molecule has 4 nitrogen and oxygen atoms in total. The summed E-state index contributed by atoms with van der Waals surface area (Å²) in [5.41, 5.74) is 13.8. The fraction of sp³-hybridized carbons (Fsp3) is 0.143. The number of rotatable bonds is 8. The largest absolute Gasteiger partial charge is 0.507 e. The molecule has 9 aromatic rings. The number of nitrogens with zero attached hydrogens (tertiary/aromatic N) is 3. The van der Waals surface area contributed by atoms with E-state index in [4.69, 9.17) is 14.1 Å². The zero-order chi connectivity index (χ0) is 44.1. The van der Waals surface area contributed by atoms with Crippen LogP contribution in [0.1, 0.15) is 49.9 Å². The molecule has 0 saturated heterocycles. The number of pyridine rings is 1. The van der Waals surface area contributed by atoms with Crippen LogP contribution in [-0.2, 0) is 26.5 Å². The van der Waals surface area contributed by atoms with Crippen LogP contribution in [-0.4, -0.2) is 19.6 Å². The summed E-state index contributed by atoms with van der Waals surface area (Å²) < 4.78 is 25.7. The van der Waals surface area contributed by atoms with E-state index < -0.39 is 6.85 Å². The molecule has 0 radical (unpaired) electrons. The van der Waals surface area contributed by atoms with Gasteiger partial charge in [-0.1, -0.05) is 178 Å². The Kier molecular flexibility index (Phi) is 10.2. The van der Waals surface area contributed by atoms with Crippen molar-refractivity contribution in [3.8, 4) is 78.6 Å². The average molecular weight is 977 g/mol. The van der Waals surface area contributed by atoms with Gasteiger partial charge in [-0.25, -0.2) is 4.98 Å². The third-order valence-corrected chi connectivity index (χ3v) is 12.3. The minimum absolute atomic E-state index is 0. The van der Waals surface area contributed by atoms with E-state index in [2.05, 4.69) is 130 Å². The number of fused-ring (bicyclic) bond motifs is 1. The topological polar surface area (TPSA) is 50.9 Å². The van der Waals surface area contributed by atoms with Crippen molar-refractivity contribution >= 4 is 11.0 Å². The van der Waals surface area contributed by atoms with Crippen molar-refractivity contribution in [2.45, 2.75) is 46.9 Å². The second-order valence-electron chi connectivity index (χ2n) is 17.0. The van der Waals surface area contributed by atoms with Crippen molar-refractivity contribution in [2.75, 3.05) is 0 Å². The Hall–Kier alpha value is -6.35. The first-order valence-electron chi connectivity index (χ1n) is 21.9. The first-order valence-corrected chi connectivity index (χ1v) is 20.4. The quantitative estimate of drug-likeness (QED) is 0.154. The molecule has 0 aliphatic rings. The van der Waals surface area contributed by atoms with E-state index in [0.717, 1.165) is 72.5 Å². The Morgan fingerprint density at radius 1 is 0.574 bits per heavy atom. The second-order valence-corrected chi connectivity index (χ2v) is 17.0. The molecule has 61 heavy (non-hydrogen) atoms. The predicted molar refractivity (Wildman–Crippen MR) is 249 cm³/mol. The van der Waals surface area contributed by atoms with E-state index in [9.17, 15) is 5.11 Å². The number of phenols is 1. The van der Waals surface area contributed by atoms with Crippen LogP contribution >= 0.6 is 0 Å². The van der Waals surface area contributed by atoms with Gasteiger partial charge in [0.15, 0.2) is 0 Å². The molecule has 0 spiro atoms. The molecule has 7 aromatic carbocycles. The molecule has 0 saturated carbocycles. The van der Waals surface area contributed by atoms with Crippen molar-refractivity contribution < 1.29 is 30.3 Å². The minimum Gasteiger partial charge on any atom is -0.507 e. The molecule has 1 N–H and O–H groups in total. The SMILES string of the molecule is [2H]C([2H])([2H])c1ccc(-c2ccnc(-c3[c-]c(-c4cccc5c4nc(-c4ccccc4O)n5-c4ccc(C(C)(C)C(C)(C)C)cc4-c4ccccc4)cc(-c4ccccc4)c3)c2)cc1.[Pt]. The molecule has 0 fully saturated rings. The number of aryl methyl sites for hydroxylation is 1. The molecule has 2 heterocycles. The van der Waals surface area contributed by atoms with Gasteiger partial charge >= 0.3 is 0 Å². The summed E-state index contributed by atoms with van der Waals surface area (Å²) >= 11 is 0. The normalized spacial score (nSPS) is 12.6. The van der Waals surface area contributed by atoms with E-state index in [1.54, 1.807) is 24.4 Å². The molecule has 0 unspecified atom stereocenters. The smallest absolute Gasteiger partial charge is 0.148 e. The maximum absolute atomic E-state index is 11.5. The summed E-state index contributed by atoms with van der Waals surface area (Å²) in [7, 11) is 0. The third-order valence-electron chi connectivity index (χ3n) is 12.3. The van der Waals surface area contributed by atoms with E-state index in [0.29, 0.717) is 17.0 Å². The van der Waals surface area contributed by atoms with Gasteiger partial charge in [0.25, 0.3) is 0 Å². The molecule has 0 atom stereocenters.